The van der Waals surface area contributed by atoms with Crippen LogP contribution in [0.1, 0.15) is 111 Å². The number of hydrogen-bond donors (Lipinski definition) is 0. The molecule has 230 valence electrons. The number of allylic oxidation sites excluding steroid dienone is 1. The number of unbranched alkanes of at least 4 members (excludes halogenated alkanes) is 3. The van der Waals surface area contributed by atoms with Crippen LogP contribution in [0.15, 0.2) is 24.3 Å². The lowest BCUT2D eigenvalue weighted by molar-refractivity contribution is -0.198. The molecule has 2 saturated heterocycles. The number of carbonyl (C=O) groups excluding carboxylic acids is 1. The lowest BCUT2D eigenvalue weighted by Gasteiger charge is -2.36. The van der Waals surface area contributed by atoms with E-state index in [4.69, 9.17) is 18.9 Å². The van der Waals surface area contributed by atoms with Crippen molar-refractivity contribution >= 4 is 5.97 Å². The minimum absolute atomic E-state index is 0.0357. The highest BCUT2D eigenvalue weighted by molar-refractivity contribution is 5.81. The highest BCUT2D eigenvalue weighted by Crippen LogP contribution is 2.42. The average Bonchev–Trinajstić information content (AvgIpc) is 3.25. The van der Waals surface area contributed by atoms with Gasteiger partial charge in [-0.25, -0.2) is 9.18 Å². The summed E-state index contributed by atoms with van der Waals surface area (Å²) in [7, 11) is 1.38. The Kier molecular flexibility index (Phi) is 14.6. The molecule has 2 heterocycles. The smallest absolute Gasteiger partial charge is 0.330 e. The van der Waals surface area contributed by atoms with Crippen LogP contribution in [0.5, 0.6) is 0 Å². The van der Waals surface area contributed by atoms with Crippen molar-refractivity contribution in [2.45, 2.75) is 142 Å². The Labute approximate surface area is 242 Å². The molecule has 3 rings (SSSR count). The van der Waals surface area contributed by atoms with E-state index in [1.54, 1.807) is 0 Å². The van der Waals surface area contributed by atoms with Gasteiger partial charge in [-0.2, -0.15) is 0 Å². The molecule has 0 amide bonds. The lowest BCUT2D eigenvalue weighted by atomic mass is 9.80. The Balaban J connectivity index is 1.72. The van der Waals surface area contributed by atoms with Gasteiger partial charge in [-0.1, -0.05) is 58.3 Å². The Morgan fingerprint density at radius 1 is 1.05 bits per heavy atom. The molecule has 2 aliphatic heterocycles. The molecule has 1 saturated carbocycles. The van der Waals surface area contributed by atoms with Gasteiger partial charge in [-0.3, -0.25) is 0 Å². The summed E-state index contributed by atoms with van der Waals surface area (Å²) in [5.74, 6) is -0.488. The first kappa shape index (κ1) is 33.2. The van der Waals surface area contributed by atoms with Crippen molar-refractivity contribution in [1.82, 2.24) is 0 Å². The second-order valence-electron chi connectivity index (χ2n) is 12.5. The van der Waals surface area contributed by atoms with E-state index in [1.807, 2.05) is 6.08 Å². The van der Waals surface area contributed by atoms with Crippen LogP contribution in [0.2, 0.25) is 0 Å². The normalized spacial score (nSPS) is 30.7. The maximum absolute atomic E-state index is 15.6. The molecule has 6 nitrogen and oxygen atoms in total. The van der Waals surface area contributed by atoms with Gasteiger partial charge in [0.1, 0.15) is 6.17 Å². The van der Waals surface area contributed by atoms with Gasteiger partial charge in [-0.15, -0.1) is 0 Å². The van der Waals surface area contributed by atoms with Crippen molar-refractivity contribution in [1.29, 1.82) is 0 Å². The minimum Gasteiger partial charge on any atom is -0.466 e. The summed E-state index contributed by atoms with van der Waals surface area (Å²) in [6, 6.07) is 0. The number of hydrogen-bond acceptors (Lipinski definition) is 6. The van der Waals surface area contributed by atoms with Gasteiger partial charge >= 0.3 is 5.97 Å². The minimum atomic E-state index is -0.914. The Hall–Kier alpha value is -1.28. The molecule has 0 aromatic carbocycles. The van der Waals surface area contributed by atoms with Crippen LogP contribution in [-0.4, -0.2) is 57.3 Å². The molecule has 40 heavy (non-hydrogen) atoms. The predicted molar refractivity (Wildman–Crippen MR) is 155 cm³/mol. The molecule has 7 atom stereocenters. The molecule has 0 bridgehead atoms. The molecule has 1 aliphatic carbocycles. The number of esters is 1. The summed E-state index contributed by atoms with van der Waals surface area (Å²) in [5.41, 5.74) is -0.0641. The molecular formula is C33H55FO6. The summed E-state index contributed by atoms with van der Waals surface area (Å²) < 4.78 is 45.1. The van der Waals surface area contributed by atoms with E-state index in [-0.39, 0.29) is 48.0 Å². The molecule has 7 heteroatoms. The Morgan fingerprint density at radius 3 is 2.42 bits per heavy atom. The van der Waals surface area contributed by atoms with Crippen molar-refractivity contribution in [3.05, 3.63) is 24.3 Å². The molecule has 3 fully saturated rings. The van der Waals surface area contributed by atoms with Crippen LogP contribution in [0.25, 0.3) is 0 Å². The molecule has 0 radical (unpaired) electrons. The summed E-state index contributed by atoms with van der Waals surface area (Å²) in [5, 5.41) is 0. The molecule has 3 aliphatic rings. The maximum Gasteiger partial charge on any atom is 0.330 e. The second-order valence-corrected chi connectivity index (χ2v) is 12.5. The molecule has 0 N–H and O–H groups in total. The summed E-state index contributed by atoms with van der Waals surface area (Å²) >= 11 is 0. The predicted octanol–water partition coefficient (Wildman–Crippen LogP) is 7.85. The highest BCUT2D eigenvalue weighted by atomic mass is 19.1. The van der Waals surface area contributed by atoms with Gasteiger partial charge in [0.15, 0.2) is 12.6 Å². The summed E-state index contributed by atoms with van der Waals surface area (Å²) in [4.78, 5) is 11.3. The van der Waals surface area contributed by atoms with Crippen LogP contribution < -0.4 is 0 Å². The van der Waals surface area contributed by atoms with E-state index in [0.717, 1.165) is 90.1 Å². The fourth-order valence-electron chi connectivity index (χ4n) is 6.24. The van der Waals surface area contributed by atoms with Gasteiger partial charge in [0, 0.05) is 31.6 Å². The average molecular weight is 567 g/mol. The van der Waals surface area contributed by atoms with Gasteiger partial charge in [-0.05, 0) is 75.5 Å². The maximum atomic E-state index is 15.6. The number of ether oxygens (including phenoxy) is 5. The molecule has 2 unspecified atom stereocenters. The molecule has 0 aromatic rings. The SMILES string of the molecule is CCCCC(C)(C)[C@@H](/C=C/[C@@H]1[C@@H](CCCC/C=C/C(=O)OC)[C@H](F)C[C@H]1OC1CCCCO1)OC1CCCCO1. The van der Waals surface area contributed by atoms with Crippen molar-refractivity contribution in [3.8, 4) is 0 Å². The topological polar surface area (TPSA) is 63.2 Å². The Morgan fingerprint density at radius 2 is 1.77 bits per heavy atom. The fourth-order valence-corrected chi connectivity index (χ4v) is 6.24. The van der Waals surface area contributed by atoms with E-state index in [9.17, 15) is 4.79 Å². The lowest BCUT2D eigenvalue weighted by Crippen LogP contribution is -2.37. The van der Waals surface area contributed by atoms with Crippen LogP contribution >= 0.6 is 0 Å². The van der Waals surface area contributed by atoms with Crippen LogP contribution in [0.4, 0.5) is 4.39 Å². The van der Waals surface area contributed by atoms with E-state index in [1.165, 1.54) is 13.2 Å². The molecule has 0 aromatic heterocycles. The van der Waals surface area contributed by atoms with Crippen LogP contribution in [0, 0.1) is 17.3 Å². The summed E-state index contributed by atoms with van der Waals surface area (Å²) in [6.45, 7) is 8.23. The fraction of sp³-hybridized carbons (Fsp3) is 0.848. The summed E-state index contributed by atoms with van der Waals surface area (Å²) in [6.07, 6.45) is 19.3. The third-order valence-electron chi connectivity index (χ3n) is 8.81. The number of methoxy groups -OCH3 is 1. The number of carbonyl (C=O) groups is 1. The van der Waals surface area contributed by atoms with Crippen LogP contribution in [0.3, 0.4) is 0 Å². The third kappa shape index (κ3) is 10.8. The Bertz CT molecular complexity index is 771. The standard InChI is InChI=1S/C33H55FO6/c1-5-6-21-33(2,3)29(40-32-18-12-14-23-38-32)20-19-26-25(15-9-7-8-10-16-30(35)36-4)27(34)24-28(26)39-31-17-11-13-22-37-31/h10,16,19-20,25-29,31-32H,5-9,11-15,17-18,21-24H2,1-4H3/b16-10+,20-19+/t25-,26-,27-,28-,29-,31?,32?/m1/s1. The zero-order valence-corrected chi connectivity index (χ0v) is 25.5. The number of rotatable bonds is 16. The third-order valence-corrected chi connectivity index (χ3v) is 8.81. The molecular weight excluding hydrogens is 511 g/mol. The van der Waals surface area contributed by atoms with Gasteiger partial charge < -0.3 is 23.7 Å². The zero-order chi connectivity index (χ0) is 28.8. The first-order chi connectivity index (χ1) is 19.3. The van der Waals surface area contributed by atoms with Crippen molar-refractivity contribution in [2.24, 2.45) is 17.3 Å². The van der Waals surface area contributed by atoms with E-state index in [2.05, 4.69) is 37.7 Å². The first-order valence-corrected chi connectivity index (χ1v) is 15.9. The molecule has 0 spiro atoms. The second kappa shape index (κ2) is 17.6. The van der Waals surface area contributed by atoms with E-state index >= 15 is 4.39 Å². The monoisotopic (exact) mass is 566 g/mol. The quantitative estimate of drug-likeness (QED) is 0.0821. The van der Waals surface area contributed by atoms with Crippen molar-refractivity contribution in [3.63, 3.8) is 0 Å². The number of halogens is 1. The van der Waals surface area contributed by atoms with E-state index < -0.39 is 6.17 Å². The van der Waals surface area contributed by atoms with Gasteiger partial charge in [0.05, 0.1) is 19.3 Å². The number of alkyl halides is 1. The van der Waals surface area contributed by atoms with Crippen LogP contribution in [-0.2, 0) is 28.5 Å². The van der Waals surface area contributed by atoms with Crippen molar-refractivity contribution in [2.75, 3.05) is 20.3 Å². The van der Waals surface area contributed by atoms with E-state index in [0.29, 0.717) is 13.0 Å². The van der Waals surface area contributed by atoms with Crippen molar-refractivity contribution < 1.29 is 32.9 Å². The first-order valence-electron chi connectivity index (χ1n) is 15.9. The van der Waals surface area contributed by atoms with Gasteiger partial charge in [0.2, 0.25) is 0 Å². The largest absolute Gasteiger partial charge is 0.466 e. The highest BCUT2D eigenvalue weighted by Gasteiger charge is 2.44. The van der Waals surface area contributed by atoms with Gasteiger partial charge in [0.25, 0.3) is 0 Å². The zero-order valence-electron chi connectivity index (χ0n) is 25.5.